The molecule has 0 saturated heterocycles. The summed E-state index contributed by atoms with van der Waals surface area (Å²) >= 11 is 0. The summed E-state index contributed by atoms with van der Waals surface area (Å²) in [5.74, 6) is 0.562. The van der Waals surface area contributed by atoms with Crippen LogP contribution in [0.3, 0.4) is 0 Å². The van der Waals surface area contributed by atoms with E-state index in [0.717, 1.165) is 30.9 Å². The summed E-state index contributed by atoms with van der Waals surface area (Å²) in [5.41, 5.74) is 1.84. The van der Waals surface area contributed by atoms with E-state index in [9.17, 15) is 13.2 Å². The first-order chi connectivity index (χ1) is 12.4. The van der Waals surface area contributed by atoms with E-state index in [0.29, 0.717) is 11.4 Å². The van der Waals surface area contributed by atoms with Gasteiger partial charge < -0.3 is 10.6 Å². The van der Waals surface area contributed by atoms with Gasteiger partial charge in [0.05, 0.1) is 4.90 Å². The van der Waals surface area contributed by atoms with Gasteiger partial charge in [-0.25, -0.2) is 8.42 Å². The second-order valence-corrected chi connectivity index (χ2v) is 7.58. The quantitative estimate of drug-likeness (QED) is 0.749. The highest BCUT2D eigenvalue weighted by Gasteiger charge is 2.15. The lowest BCUT2D eigenvalue weighted by molar-refractivity contribution is -0.114. The van der Waals surface area contributed by atoms with Crippen LogP contribution in [0, 0.1) is 0 Å². The standard InChI is InChI=1S/C18H20N4O3S/c1-13(23)21-15-6-8-17(9-7-15)26(24,25)22-16-5-2-4-14(12-16)18-19-10-3-11-20-18/h2,4-9,12,22H,3,10-11H2,1H3,(H,19,20)(H,21,23). The molecule has 1 amide bonds. The minimum atomic E-state index is -3.73. The second kappa shape index (κ2) is 7.57. The van der Waals surface area contributed by atoms with Gasteiger partial charge in [-0.15, -0.1) is 0 Å². The predicted octanol–water partition coefficient (Wildman–Crippen LogP) is 2.19. The molecule has 0 unspecified atom stereocenters. The second-order valence-electron chi connectivity index (χ2n) is 5.90. The number of amidine groups is 1. The van der Waals surface area contributed by atoms with E-state index in [1.165, 1.54) is 19.1 Å². The van der Waals surface area contributed by atoms with Crippen molar-refractivity contribution in [3.8, 4) is 0 Å². The third kappa shape index (κ3) is 4.40. The molecule has 0 aliphatic carbocycles. The summed E-state index contributed by atoms with van der Waals surface area (Å²) in [7, 11) is -3.73. The smallest absolute Gasteiger partial charge is 0.261 e. The van der Waals surface area contributed by atoms with Gasteiger partial charge in [-0.1, -0.05) is 12.1 Å². The van der Waals surface area contributed by atoms with Crippen molar-refractivity contribution in [2.45, 2.75) is 18.2 Å². The van der Waals surface area contributed by atoms with Crippen molar-refractivity contribution < 1.29 is 13.2 Å². The largest absolute Gasteiger partial charge is 0.370 e. The SMILES string of the molecule is CC(=O)Nc1ccc(S(=O)(=O)Nc2cccc(C3=NCCCN3)c2)cc1. The van der Waals surface area contributed by atoms with E-state index in [4.69, 9.17) is 0 Å². The summed E-state index contributed by atoms with van der Waals surface area (Å²) in [5, 5.41) is 5.82. The first-order valence-electron chi connectivity index (χ1n) is 8.23. The minimum absolute atomic E-state index is 0.116. The first-order valence-corrected chi connectivity index (χ1v) is 9.71. The van der Waals surface area contributed by atoms with Crippen molar-refractivity contribution in [2.24, 2.45) is 4.99 Å². The number of nitrogens with zero attached hydrogens (tertiary/aromatic N) is 1. The van der Waals surface area contributed by atoms with Crippen molar-refractivity contribution in [2.75, 3.05) is 23.1 Å². The number of amides is 1. The maximum atomic E-state index is 12.6. The lowest BCUT2D eigenvalue weighted by Gasteiger charge is -2.16. The van der Waals surface area contributed by atoms with Gasteiger partial charge in [0.15, 0.2) is 0 Å². The fourth-order valence-electron chi connectivity index (χ4n) is 2.59. The molecule has 2 aromatic carbocycles. The van der Waals surface area contributed by atoms with Gasteiger partial charge in [-0.05, 0) is 42.8 Å². The molecule has 1 heterocycles. The van der Waals surface area contributed by atoms with Crippen LogP contribution in [0.15, 0.2) is 58.4 Å². The van der Waals surface area contributed by atoms with Crippen LogP contribution in [-0.4, -0.2) is 33.3 Å². The molecule has 3 rings (SSSR count). The predicted molar refractivity (Wildman–Crippen MR) is 102 cm³/mol. The molecule has 0 radical (unpaired) electrons. The molecule has 2 aromatic rings. The van der Waals surface area contributed by atoms with Gasteiger partial charge in [-0.3, -0.25) is 14.5 Å². The number of carbonyl (C=O) groups is 1. The Hall–Kier alpha value is -2.87. The first kappa shape index (κ1) is 17.9. The van der Waals surface area contributed by atoms with E-state index in [1.54, 1.807) is 30.3 Å². The summed E-state index contributed by atoms with van der Waals surface area (Å²) < 4.78 is 27.7. The lowest BCUT2D eigenvalue weighted by Crippen LogP contribution is -2.30. The molecule has 1 aliphatic rings. The molecule has 136 valence electrons. The van der Waals surface area contributed by atoms with E-state index in [2.05, 4.69) is 20.3 Å². The van der Waals surface area contributed by atoms with Gasteiger partial charge in [0.25, 0.3) is 10.0 Å². The van der Waals surface area contributed by atoms with Crippen molar-refractivity contribution in [3.05, 3.63) is 54.1 Å². The Morgan fingerprint density at radius 1 is 1.12 bits per heavy atom. The molecule has 3 N–H and O–H groups in total. The zero-order valence-electron chi connectivity index (χ0n) is 14.3. The summed E-state index contributed by atoms with van der Waals surface area (Å²) in [6.45, 7) is 3.01. The van der Waals surface area contributed by atoms with Crippen LogP contribution >= 0.6 is 0 Å². The Kier molecular flexibility index (Phi) is 5.22. The Morgan fingerprint density at radius 2 is 1.88 bits per heavy atom. The fraction of sp³-hybridized carbons (Fsp3) is 0.222. The summed E-state index contributed by atoms with van der Waals surface area (Å²) in [6.07, 6.45) is 0.990. The molecule has 0 spiro atoms. The van der Waals surface area contributed by atoms with Crippen molar-refractivity contribution in [1.82, 2.24) is 5.32 Å². The zero-order chi connectivity index (χ0) is 18.6. The molecular weight excluding hydrogens is 352 g/mol. The average molecular weight is 372 g/mol. The number of sulfonamides is 1. The third-order valence-electron chi connectivity index (χ3n) is 3.77. The van der Waals surface area contributed by atoms with E-state index in [-0.39, 0.29) is 10.8 Å². The molecule has 1 aliphatic heterocycles. The molecule has 0 bridgehead atoms. The number of nitrogens with one attached hydrogen (secondary N) is 3. The fourth-order valence-corrected chi connectivity index (χ4v) is 3.64. The number of hydrogen-bond donors (Lipinski definition) is 3. The summed E-state index contributed by atoms with van der Waals surface area (Å²) in [4.78, 5) is 15.6. The van der Waals surface area contributed by atoms with Crippen molar-refractivity contribution >= 4 is 33.1 Å². The number of rotatable bonds is 5. The van der Waals surface area contributed by atoms with Crippen LogP contribution < -0.4 is 15.4 Å². The summed E-state index contributed by atoms with van der Waals surface area (Å²) in [6, 6.07) is 13.1. The average Bonchev–Trinajstić information content (AvgIpc) is 2.62. The highest BCUT2D eigenvalue weighted by Crippen LogP contribution is 2.19. The lowest BCUT2D eigenvalue weighted by atomic mass is 10.1. The molecule has 7 nitrogen and oxygen atoms in total. The molecule has 0 atom stereocenters. The molecule has 0 saturated carbocycles. The highest BCUT2D eigenvalue weighted by molar-refractivity contribution is 7.92. The number of carbonyl (C=O) groups excluding carboxylic acids is 1. The Labute approximate surface area is 152 Å². The Balaban J connectivity index is 1.79. The van der Waals surface area contributed by atoms with Gasteiger partial charge in [-0.2, -0.15) is 0 Å². The monoisotopic (exact) mass is 372 g/mol. The normalized spacial score (nSPS) is 14.1. The van der Waals surface area contributed by atoms with Crippen LogP contribution in [0.25, 0.3) is 0 Å². The number of aliphatic imine (C=N–C) groups is 1. The number of hydrogen-bond acceptors (Lipinski definition) is 5. The molecule has 26 heavy (non-hydrogen) atoms. The molecular formula is C18H20N4O3S. The van der Waals surface area contributed by atoms with Crippen molar-refractivity contribution in [1.29, 1.82) is 0 Å². The number of benzene rings is 2. The van der Waals surface area contributed by atoms with Gasteiger partial charge in [0.2, 0.25) is 5.91 Å². The minimum Gasteiger partial charge on any atom is -0.370 e. The van der Waals surface area contributed by atoms with Gasteiger partial charge >= 0.3 is 0 Å². The molecule has 0 fully saturated rings. The van der Waals surface area contributed by atoms with E-state index < -0.39 is 10.0 Å². The maximum absolute atomic E-state index is 12.6. The van der Waals surface area contributed by atoms with E-state index in [1.807, 2.05) is 6.07 Å². The van der Waals surface area contributed by atoms with Crippen LogP contribution in [0.5, 0.6) is 0 Å². The Morgan fingerprint density at radius 3 is 2.54 bits per heavy atom. The van der Waals surface area contributed by atoms with Gasteiger partial charge in [0, 0.05) is 37.0 Å². The maximum Gasteiger partial charge on any atom is 0.261 e. The van der Waals surface area contributed by atoms with Crippen LogP contribution in [-0.2, 0) is 14.8 Å². The van der Waals surface area contributed by atoms with Crippen LogP contribution in [0.2, 0.25) is 0 Å². The Bertz CT molecular complexity index is 937. The highest BCUT2D eigenvalue weighted by atomic mass is 32.2. The van der Waals surface area contributed by atoms with Crippen molar-refractivity contribution in [3.63, 3.8) is 0 Å². The topological polar surface area (TPSA) is 99.7 Å². The molecule has 0 aromatic heterocycles. The number of anilines is 2. The zero-order valence-corrected chi connectivity index (χ0v) is 15.1. The third-order valence-corrected chi connectivity index (χ3v) is 5.17. The van der Waals surface area contributed by atoms with E-state index >= 15 is 0 Å². The molecule has 8 heteroatoms. The van der Waals surface area contributed by atoms with Crippen LogP contribution in [0.1, 0.15) is 18.9 Å². The van der Waals surface area contributed by atoms with Crippen LogP contribution in [0.4, 0.5) is 11.4 Å². The van der Waals surface area contributed by atoms with Gasteiger partial charge in [0.1, 0.15) is 5.84 Å².